The largest absolute Gasteiger partial charge is 0.369 e. The lowest BCUT2D eigenvalue weighted by Crippen LogP contribution is -2.48. The van der Waals surface area contributed by atoms with Crippen molar-refractivity contribution in [3.8, 4) is 11.1 Å². The maximum atomic E-state index is 6.91. The Bertz CT molecular complexity index is 1170. The molecule has 1 N–H and O–H groups in total. The zero-order chi connectivity index (χ0) is 23.7. The molecule has 176 valence electrons. The minimum absolute atomic E-state index is 0.0636. The van der Waals surface area contributed by atoms with Gasteiger partial charge in [0.05, 0.1) is 16.8 Å². The van der Waals surface area contributed by atoms with Gasteiger partial charge in [-0.25, -0.2) is 0 Å². The second-order valence-corrected chi connectivity index (χ2v) is 10.00. The van der Waals surface area contributed by atoms with Gasteiger partial charge < -0.3 is 10.3 Å². The van der Waals surface area contributed by atoms with Crippen LogP contribution in [0, 0.1) is 0 Å². The molecule has 0 spiro atoms. The second kappa shape index (κ2) is 9.91. The Morgan fingerprint density at radius 2 is 1.59 bits per heavy atom. The molecule has 1 saturated heterocycles. The standard InChI is InChI=1S/C28H30Cl2N4/c1-20(2)32-15-17-33(18-16-32)23-11-12-24(26(30)19-23)25-5-3-4-6-28(25)34-27(13-14-31-34)21-7-9-22(29)10-8-21/h3-14,19-20,27,31H,15-18H2,1-2H3. The maximum absolute atomic E-state index is 6.91. The summed E-state index contributed by atoms with van der Waals surface area (Å²) in [6, 6.07) is 23.5. The van der Waals surface area contributed by atoms with Crippen LogP contribution in [0.1, 0.15) is 25.5 Å². The van der Waals surface area contributed by atoms with Gasteiger partial charge in [0.2, 0.25) is 0 Å². The van der Waals surface area contributed by atoms with Gasteiger partial charge in [-0.05, 0) is 55.8 Å². The van der Waals surface area contributed by atoms with Crippen molar-refractivity contribution in [3.05, 3.63) is 94.6 Å². The number of hydrogen-bond donors (Lipinski definition) is 1. The third-order valence-electron chi connectivity index (χ3n) is 6.80. The predicted octanol–water partition coefficient (Wildman–Crippen LogP) is 6.77. The fourth-order valence-corrected chi connectivity index (χ4v) is 5.25. The molecule has 6 heteroatoms. The maximum Gasteiger partial charge on any atom is 0.0952 e. The third kappa shape index (κ3) is 4.63. The highest BCUT2D eigenvalue weighted by molar-refractivity contribution is 6.33. The first kappa shape index (κ1) is 23.1. The number of nitrogens with one attached hydrogen (secondary N) is 1. The summed E-state index contributed by atoms with van der Waals surface area (Å²) in [5.74, 6) is 0. The van der Waals surface area contributed by atoms with E-state index in [9.17, 15) is 0 Å². The zero-order valence-corrected chi connectivity index (χ0v) is 21.1. The van der Waals surface area contributed by atoms with Gasteiger partial charge in [0.15, 0.2) is 0 Å². The molecule has 2 heterocycles. The molecule has 1 unspecified atom stereocenters. The summed E-state index contributed by atoms with van der Waals surface area (Å²) in [5.41, 5.74) is 8.97. The Morgan fingerprint density at radius 3 is 2.29 bits per heavy atom. The molecular formula is C28H30Cl2N4. The summed E-state index contributed by atoms with van der Waals surface area (Å²) in [7, 11) is 0. The molecular weight excluding hydrogens is 463 g/mol. The van der Waals surface area contributed by atoms with Crippen molar-refractivity contribution in [1.29, 1.82) is 0 Å². The van der Waals surface area contributed by atoms with E-state index in [0.29, 0.717) is 6.04 Å². The first-order valence-electron chi connectivity index (χ1n) is 11.9. The highest BCUT2D eigenvalue weighted by atomic mass is 35.5. The number of nitrogens with zero attached hydrogens (tertiary/aromatic N) is 3. The highest BCUT2D eigenvalue weighted by Crippen LogP contribution is 2.40. The Hall–Kier alpha value is -2.66. The van der Waals surface area contributed by atoms with Gasteiger partial charge in [-0.2, -0.15) is 0 Å². The average Bonchev–Trinajstić information content (AvgIpc) is 3.34. The van der Waals surface area contributed by atoms with Crippen LogP contribution in [0.2, 0.25) is 10.0 Å². The Balaban J connectivity index is 1.42. The molecule has 5 rings (SSSR count). The molecule has 4 nitrogen and oxygen atoms in total. The lowest BCUT2D eigenvalue weighted by molar-refractivity contribution is 0.209. The third-order valence-corrected chi connectivity index (χ3v) is 7.36. The van der Waals surface area contributed by atoms with Crippen molar-refractivity contribution < 1.29 is 0 Å². The molecule has 0 aromatic heterocycles. The number of hydrogen-bond acceptors (Lipinski definition) is 4. The van der Waals surface area contributed by atoms with E-state index in [4.69, 9.17) is 23.2 Å². The quantitative estimate of drug-likeness (QED) is 0.423. The van der Waals surface area contributed by atoms with Crippen molar-refractivity contribution in [3.63, 3.8) is 0 Å². The monoisotopic (exact) mass is 492 g/mol. The van der Waals surface area contributed by atoms with Crippen LogP contribution in [0.3, 0.4) is 0 Å². The number of piperazine rings is 1. The normalized spacial score (nSPS) is 18.6. The molecule has 0 bridgehead atoms. The van der Waals surface area contributed by atoms with E-state index in [1.54, 1.807) is 0 Å². The van der Waals surface area contributed by atoms with E-state index in [-0.39, 0.29) is 6.04 Å². The number of para-hydroxylation sites is 1. The van der Waals surface area contributed by atoms with Gasteiger partial charge in [0.25, 0.3) is 0 Å². The van der Waals surface area contributed by atoms with Crippen molar-refractivity contribution in [2.45, 2.75) is 25.9 Å². The summed E-state index contributed by atoms with van der Waals surface area (Å²) >= 11 is 13.0. The molecule has 34 heavy (non-hydrogen) atoms. The van der Waals surface area contributed by atoms with E-state index >= 15 is 0 Å². The summed E-state index contributed by atoms with van der Waals surface area (Å²) in [6.07, 6.45) is 4.14. The van der Waals surface area contributed by atoms with Crippen molar-refractivity contribution >= 4 is 34.6 Å². The van der Waals surface area contributed by atoms with Crippen molar-refractivity contribution in [2.75, 3.05) is 36.1 Å². The smallest absolute Gasteiger partial charge is 0.0952 e. The molecule has 0 radical (unpaired) electrons. The molecule has 0 amide bonds. The Labute approximate surface area is 212 Å². The molecule has 3 aromatic rings. The summed E-state index contributed by atoms with van der Waals surface area (Å²) in [5, 5.41) is 3.68. The highest BCUT2D eigenvalue weighted by Gasteiger charge is 2.25. The van der Waals surface area contributed by atoms with Gasteiger partial charge in [0, 0.05) is 60.3 Å². The molecule has 1 fully saturated rings. The van der Waals surface area contributed by atoms with Crippen LogP contribution in [0.4, 0.5) is 11.4 Å². The van der Waals surface area contributed by atoms with E-state index in [2.05, 4.69) is 94.8 Å². The molecule has 3 aromatic carbocycles. The van der Waals surface area contributed by atoms with E-state index in [1.807, 2.05) is 18.3 Å². The van der Waals surface area contributed by atoms with Gasteiger partial charge in [-0.3, -0.25) is 9.91 Å². The van der Waals surface area contributed by atoms with Gasteiger partial charge in [-0.1, -0.05) is 59.6 Å². The van der Waals surface area contributed by atoms with E-state index < -0.39 is 0 Å². The fourth-order valence-electron chi connectivity index (χ4n) is 4.85. The first-order chi connectivity index (χ1) is 16.5. The summed E-state index contributed by atoms with van der Waals surface area (Å²) in [4.78, 5) is 4.96. The lowest BCUT2D eigenvalue weighted by Gasteiger charge is -2.38. The van der Waals surface area contributed by atoms with E-state index in [1.165, 1.54) is 11.3 Å². The minimum atomic E-state index is 0.0636. The van der Waals surface area contributed by atoms with Crippen molar-refractivity contribution in [2.24, 2.45) is 0 Å². The number of anilines is 2. The molecule has 0 aliphatic carbocycles. The van der Waals surface area contributed by atoms with Crippen LogP contribution >= 0.6 is 23.2 Å². The Morgan fingerprint density at radius 1 is 0.853 bits per heavy atom. The van der Waals surface area contributed by atoms with E-state index in [0.717, 1.165) is 53.0 Å². The lowest BCUT2D eigenvalue weighted by atomic mass is 10.0. The zero-order valence-electron chi connectivity index (χ0n) is 19.6. The average molecular weight is 493 g/mol. The second-order valence-electron chi connectivity index (χ2n) is 9.15. The molecule has 1 atom stereocenters. The van der Waals surface area contributed by atoms with Crippen molar-refractivity contribution in [1.82, 2.24) is 10.3 Å². The topological polar surface area (TPSA) is 21.8 Å². The minimum Gasteiger partial charge on any atom is -0.369 e. The Kier molecular flexibility index (Phi) is 6.73. The van der Waals surface area contributed by atoms with Crippen LogP contribution in [0.15, 0.2) is 79.0 Å². The van der Waals surface area contributed by atoms with Crippen LogP contribution in [-0.2, 0) is 0 Å². The predicted molar refractivity (Wildman–Crippen MR) is 145 cm³/mol. The fraction of sp³-hybridized carbons (Fsp3) is 0.286. The summed E-state index contributed by atoms with van der Waals surface area (Å²) < 4.78 is 0. The number of benzene rings is 3. The van der Waals surface area contributed by atoms with Gasteiger partial charge in [0.1, 0.15) is 0 Å². The van der Waals surface area contributed by atoms with Crippen LogP contribution in [0.25, 0.3) is 11.1 Å². The van der Waals surface area contributed by atoms with Gasteiger partial charge >= 0.3 is 0 Å². The van der Waals surface area contributed by atoms with Gasteiger partial charge in [-0.15, -0.1) is 0 Å². The molecule has 2 aliphatic rings. The number of hydrazine groups is 1. The van der Waals surface area contributed by atoms with Crippen LogP contribution in [0.5, 0.6) is 0 Å². The van der Waals surface area contributed by atoms with Crippen LogP contribution < -0.4 is 15.3 Å². The SMILES string of the molecule is CC(C)N1CCN(c2ccc(-c3ccccc3N3NC=CC3c3ccc(Cl)cc3)c(Cl)c2)CC1. The first-order valence-corrected chi connectivity index (χ1v) is 12.6. The molecule has 2 aliphatic heterocycles. The summed E-state index contributed by atoms with van der Waals surface area (Å²) in [6.45, 7) is 8.74. The van der Waals surface area contributed by atoms with Crippen LogP contribution in [-0.4, -0.2) is 37.1 Å². The molecule has 0 saturated carbocycles. The number of rotatable bonds is 5. The number of halogens is 2.